The molecule has 0 aliphatic carbocycles. The molecule has 0 spiro atoms. The molecule has 0 saturated carbocycles. The normalized spacial score (nSPS) is 15.3. The van der Waals surface area contributed by atoms with Crippen molar-refractivity contribution in [2.45, 2.75) is 45.1 Å². The van der Waals surface area contributed by atoms with Crippen molar-refractivity contribution in [1.29, 1.82) is 0 Å². The SMILES string of the molecule is CCCCN(C)c1ncc(CN2CCC(c3ccccc3)CC2)c2nc(-c3ccco3)nn12. The van der Waals surface area contributed by atoms with Crippen LogP contribution in [0.2, 0.25) is 0 Å². The molecule has 1 fully saturated rings. The molecular formula is C26H32N6O. The minimum atomic E-state index is 0.599. The summed E-state index contributed by atoms with van der Waals surface area (Å²) in [5.74, 6) is 2.74. The lowest BCUT2D eigenvalue weighted by Gasteiger charge is -2.32. The average molecular weight is 445 g/mol. The summed E-state index contributed by atoms with van der Waals surface area (Å²) in [4.78, 5) is 14.4. The van der Waals surface area contributed by atoms with E-state index in [1.807, 2.05) is 22.8 Å². The van der Waals surface area contributed by atoms with Gasteiger partial charge in [-0.05, 0) is 56.0 Å². The molecule has 0 amide bonds. The number of furan rings is 1. The summed E-state index contributed by atoms with van der Waals surface area (Å²) < 4.78 is 7.46. The van der Waals surface area contributed by atoms with Gasteiger partial charge >= 0.3 is 0 Å². The van der Waals surface area contributed by atoms with E-state index in [-0.39, 0.29) is 0 Å². The number of hydrogen-bond acceptors (Lipinski definition) is 6. The number of rotatable bonds is 8. The third kappa shape index (κ3) is 4.64. The number of piperidine rings is 1. The second-order valence-corrected chi connectivity index (χ2v) is 8.97. The Hall–Kier alpha value is -3.19. The summed E-state index contributed by atoms with van der Waals surface area (Å²) in [7, 11) is 2.07. The summed E-state index contributed by atoms with van der Waals surface area (Å²) in [5, 5.41) is 4.78. The van der Waals surface area contributed by atoms with Crippen LogP contribution in [0.15, 0.2) is 59.3 Å². The smallest absolute Gasteiger partial charge is 0.228 e. The molecule has 1 saturated heterocycles. The fourth-order valence-corrected chi connectivity index (χ4v) is 4.68. The van der Waals surface area contributed by atoms with Gasteiger partial charge in [-0.1, -0.05) is 43.7 Å². The molecule has 7 nitrogen and oxygen atoms in total. The molecule has 0 radical (unpaired) electrons. The Bertz CT molecular complexity index is 1160. The molecule has 1 aliphatic heterocycles. The Kier molecular flexibility index (Phi) is 6.39. The third-order valence-electron chi connectivity index (χ3n) is 6.60. The van der Waals surface area contributed by atoms with Crippen molar-refractivity contribution in [3.05, 3.63) is 66.1 Å². The average Bonchev–Trinajstić information content (AvgIpc) is 3.54. The summed E-state index contributed by atoms with van der Waals surface area (Å²) in [6.45, 7) is 6.10. The first-order chi connectivity index (χ1) is 16.2. The van der Waals surface area contributed by atoms with E-state index in [2.05, 4.69) is 54.1 Å². The van der Waals surface area contributed by atoms with Crippen LogP contribution >= 0.6 is 0 Å². The first-order valence-corrected chi connectivity index (χ1v) is 12.0. The number of benzene rings is 1. The van der Waals surface area contributed by atoms with Crippen LogP contribution in [0, 0.1) is 0 Å². The lowest BCUT2D eigenvalue weighted by atomic mass is 9.89. The molecule has 1 aromatic carbocycles. The monoisotopic (exact) mass is 444 g/mol. The van der Waals surface area contributed by atoms with Crippen LogP contribution in [0.25, 0.3) is 17.2 Å². The highest BCUT2D eigenvalue weighted by molar-refractivity contribution is 5.58. The van der Waals surface area contributed by atoms with Crippen LogP contribution in [0.3, 0.4) is 0 Å². The van der Waals surface area contributed by atoms with Crippen LogP contribution in [0.4, 0.5) is 5.95 Å². The van der Waals surface area contributed by atoms with Crippen molar-refractivity contribution in [2.75, 3.05) is 31.6 Å². The lowest BCUT2D eigenvalue weighted by molar-refractivity contribution is 0.205. The van der Waals surface area contributed by atoms with E-state index < -0.39 is 0 Å². The molecular weight excluding hydrogens is 412 g/mol. The number of fused-ring (bicyclic) bond motifs is 1. The number of unbranched alkanes of at least 4 members (excludes halogenated alkanes) is 1. The second kappa shape index (κ2) is 9.75. The topological polar surface area (TPSA) is 62.7 Å². The van der Waals surface area contributed by atoms with Gasteiger partial charge in [-0.15, -0.1) is 5.10 Å². The van der Waals surface area contributed by atoms with Crippen LogP contribution in [-0.4, -0.2) is 51.2 Å². The van der Waals surface area contributed by atoms with Gasteiger partial charge in [-0.25, -0.2) is 9.97 Å². The minimum absolute atomic E-state index is 0.599. The van der Waals surface area contributed by atoms with E-state index in [1.54, 1.807) is 6.26 Å². The van der Waals surface area contributed by atoms with Crippen molar-refractivity contribution in [3.8, 4) is 11.6 Å². The predicted molar refractivity (Wildman–Crippen MR) is 130 cm³/mol. The summed E-state index contributed by atoms with van der Waals surface area (Å²) in [6.07, 6.45) is 8.24. The molecule has 5 rings (SSSR count). The van der Waals surface area contributed by atoms with Crippen molar-refractivity contribution < 1.29 is 4.42 Å². The predicted octanol–water partition coefficient (Wildman–Crippen LogP) is 5.00. The lowest BCUT2D eigenvalue weighted by Crippen LogP contribution is -2.33. The minimum Gasteiger partial charge on any atom is -0.461 e. The quantitative estimate of drug-likeness (QED) is 0.381. The second-order valence-electron chi connectivity index (χ2n) is 8.97. The van der Waals surface area contributed by atoms with Gasteiger partial charge in [0.05, 0.1) is 6.26 Å². The first-order valence-electron chi connectivity index (χ1n) is 12.0. The van der Waals surface area contributed by atoms with E-state index in [1.165, 1.54) is 18.4 Å². The highest BCUT2D eigenvalue weighted by Gasteiger charge is 2.23. The Morgan fingerprint density at radius 3 is 2.64 bits per heavy atom. The molecule has 0 unspecified atom stereocenters. The molecule has 1 aliphatic rings. The molecule has 4 aromatic rings. The van der Waals surface area contributed by atoms with E-state index >= 15 is 0 Å². The maximum Gasteiger partial charge on any atom is 0.228 e. The molecule has 0 atom stereocenters. The molecule has 172 valence electrons. The fraction of sp³-hybridized carbons (Fsp3) is 0.423. The van der Waals surface area contributed by atoms with E-state index in [0.29, 0.717) is 17.5 Å². The van der Waals surface area contributed by atoms with Crippen LogP contribution in [-0.2, 0) is 6.54 Å². The number of aromatic nitrogens is 4. The third-order valence-corrected chi connectivity index (χ3v) is 6.60. The maximum atomic E-state index is 5.58. The van der Waals surface area contributed by atoms with Crippen molar-refractivity contribution >= 4 is 11.6 Å². The molecule has 3 aromatic heterocycles. The Morgan fingerprint density at radius 1 is 1.09 bits per heavy atom. The van der Waals surface area contributed by atoms with Gasteiger partial charge in [0.2, 0.25) is 11.8 Å². The molecule has 0 bridgehead atoms. The zero-order valence-electron chi connectivity index (χ0n) is 19.5. The number of nitrogens with zero attached hydrogens (tertiary/aromatic N) is 6. The number of anilines is 1. The van der Waals surface area contributed by atoms with Gasteiger partial charge in [0, 0.05) is 31.9 Å². The molecule has 7 heteroatoms. The van der Waals surface area contributed by atoms with E-state index in [9.17, 15) is 0 Å². The van der Waals surface area contributed by atoms with E-state index in [0.717, 1.165) is 56.2 Å². The van der Waals surface area contributed by atoms with Gasteiger partial charge in [0.1, 0.15) is 0 Å². The van der Waals surface area contributed by atoms with Crippen LogP contribution in [0.5, 0.6) is 0 Å². The summed E-state index contributed by atoms with van der Waals surface area (Å²) in [5.41, 5.74) is 3.42. The van der Waals surface area contributed by atoms with Crippen molar-refractivity contribution in [3.63, 3.8) is 0 Å². The highest BCUT2D eigenvalue weighted by Crippen LogP contribution is 2.29. The van der Waals surface area contributed by atoms with Crippen LogP contribution < -0.4 is 4.90 Å². The fourth-order valence-electron chi connectivity index (χ4n) is 4.68. The molecule has 4 heterocycles. The number of likely N-dealkylation sites (tertiary alicyclic amines) is 1. The van der Waals surface area contributed by atoms with Crippen molar-refractivity contribution in [2.24, 2.45) is 0 Å². The maximum absolute atomic E-state index is 5.58. The molecule has 0 N–H and O–H groups in total. The van der Waals surface area contributed by atoms with Crippen molar-refractivity contribution in [1.82, 2.24) is 24.5 Å². The Balaban J connectivity index is 1.39. The highest BCUT2D eigenvalue weighted by atomic mass is 16.3. The zero-order chi connectivity index (χ0) is 22.6. The van der Waals surface area contributed by atoms with E-state index in [4.69, 9.17) is 19.5 Å². The van der Waals surface area contributed by atoms with Gasteiger partial charge in [0.25, 0.3) is 0 Å². The standard InChI is InChI=1S/C26H32N6O/c1-3-4-14-30(2)26-27-18-22(25-28-24(29-32(25)26)23-11-8-17-33-23)19-31-15-12-21(13-16-31)20-9-6-5-7-10-20/h5-11,17-18,21H,3-4,12-16,19H2,1-2H3. The van der Waals surface area contributed by atoms with Gasteiger partial charge in [-0.3, -0.25) is 4.90 Å². The summed E-state index contributed by atoms with van der Waals surface area (Å²) in [6, 6.07) is 14.7. The van der Waals surface area contributed by atoms with Gasteiger partial charge in [-0.2, -0.15) is 4.52 Å². The Labute approximate surface area is 195 Å². The van der Waals surface area contributed by atoms with Gasteiger partial charge < -0.3 is 9.32 Å². The molecule has 33 heavy (non-hydrogen) atoms. The Morgan fingerprint density at radius 2 is 1.91 bits per heavy atom. The first kappa shape index (κ1) is 21.6. The van der Waals surface area contributed by atoms with Gasteiger partial charge in [0.15, 0.2) is 11.4 Å². The summed E-state index contributed by atoms with van der Waals surface area (Å²) >= 11 is 0. The van der Waals surface area contributed by atoms with Crippen LogP contribution in [0.1, 0.15) is 49.7 Å². The zero-order valence-corrected chi connectivity index (χ0v) is 19.5. The largest absolute Gasteiger partial charge is 0.461 e. The number of hydrogen-bond donors (Lipinski definition) is 0.